The summed E-state index contributed by atoms with van der Waals surface area (Å²) in [5, 5.41) is 3.51. The van der Waals surface area contributed by atoms with Crippen LogP contribution in [0.25, 0.3) is 0 Å². The average molecular weight is 358 g/mol. The van der Waals surface area contributed by atoms with Gasteiger partial charge in [-0.25, -0.2) is 0 Å². The molecule has 1 saturated carbocycles. The second-order valence-electron chi connectivity index (χ2n) is 5.04. The number of rotatable bonds is 10. The molecule has 1 fully saturated rings. The summed E-state index contributed by atoms with van der Waals surface area (Å²) in [5.41, 5.74) is 1.20. The first-order chi connectivity index (χ1) is 10.2. The zero-order valence-corrected chi connectivity index (χ0v) is 14.4. The molecule has 2 rings (SSSR count). The van der Waals surface area contributed by atoms with Crippen LogP contribution in [0.2, 0.25) is 0 Å². The summed E-state index contributed by atoms with van der Waals surface area (Å²) in [7, 11) is 0. The molecule has 21 heavy (non-hydrogen) atoms. The van der Waals surface area contributed by atoms with Gasteiger partial charge in [0.2, 0.25) is 0 Å². The standard InChI is InChI=1S/C16H24BrNO3/c1-3-19-7-8-21-16-14(17)9-12(10-15(16)20-4-2)11-18-13-5-6-13/h9-10,13,18H,3-8,11H2,1-2H3. The third kappa shape index (κ3) is 5.49. The number of hydrogen-bond acceptors (Lipinski definition) is 4. The van der Waals surface area contributed by atoms with Crippen LogP contribution in [0.5, 0.6) is 11.5 Å². The van der Waals surface area contributed by atoms with E-state index in [2.05, 4.69) is 33.4 Å². The highest BCUT2D eigenvalue weighted by Crippen LogP contribution is 2.37. The van der Waals surface area contributed by atoms with Crippen molar-refractivity contribution in [1.29, 1.82) is 0 Å². The van der Waals surface area contributed by atoms with Crippen molar-refractivity contribution in [2.45, 2.75) is 39.3 Å². The molecule has 0 bridgehead atoms. The molecule has 0 unspecified atom stereocenters. The molecule has 0 spiro atoms. The van der Waals surface area contributed by atoms with Crippen LogP contribution in [0.1, 0.15) is 32.3 Å². The van der Waals surface area contributed by atoms with E-state index in [1.807, 2.05) is 13.8 Å². The van der Waals surface area contributed by atoms with E-state index in [9.17, 15) is 0 Å². The Labute approximate surface area is 135 Å². The van der Waals surface area contributed by atoms with Gasteiger partial charge in [0.25, 0.3) is 0 Å². The highest BCUT2D eigenvalue weighted by atomic mass is 79.9. The SMILES string of the molecule is CCOCCOc1c(Br)cc(CNC2CC2)cc1OCC. The minimum absolute atomic E-state index is 0.520. The fourth-order valence-corrected chi connectivity index (χ4v) is 2.63. The van der Waals surface area contributed by atoms with Crippen LogP contribution >= 0.6 is 15.9 Å². The highest BCUT2D eigenvalue weighted by Gasteiger charge is 2.20. The van der Waals surface area contributed by atoms with Gasteiger partial charge in [0.1, 0.15) is 6.61 Å². The molecule has 1 aliphatic carbocycles. The molecule has 0 atom stereocenters. The molecule has 5 heteroatoms. The zero-order valence-electron chi connectivity index (χ0n) is 12.8. The van der Waals surface area contributed by atoms with Crippen LogP contribution in [0, 0.1) is 0 Å². The first-order valence-electron chi connectivity index (χ1n) is 7.63. The van der Waals surface area contributed by atoms with Gasteiger partial charge in [-0.15, -0.1) is 0 Å². The summed E-state index contributed by atoms with van der Waals surface area (Å²) in [5.74, 6) is 1.54. The first-order valence-corrected chi connectivity index (χ1v) is 8.43. The molecule has 0 saturated heterocycles. The van der Waals surface area contributed by atoms with Gasteiger partial charge in [-0.3, -0.25) is 0 Å². The molecule has 0 radical (unpaired) electrons. The Morgan fingerprint density at radius 1 is 1.14 bits per heavy atom. The summed E-state index contributed by atoms with van der Waals surface area (Å²) in [6, 6.07) is 4.84. The molecular weight excluding hydrogens is 334 g/mol. The van der Waals surface area contributed by atoms with Crippen LogP contribution < -0.4 is 14.8 Å². The Bertz CT molecular complexity index is 449. The molecule has 1 aliphatic rings. The fraction of sp³-hybridized carbons (Fsp3) is 0.625. The lowest BCUT2D eigenvalue weighted by Gasteiger charge is -2.15. The molecule has 1 aromatic carbocycles. The quantitative estimate of drug-likeness (QED) is 0.650. The van der Waals surface area contributed by atoms with E-state index in [0.717, 1.165) is 22.5 Å². The molecule has 0 aliphatic heterocycles. The maximum atomic E-state index is 5.80. The van der Waals surface area contributed by atoms with E-state index in [0.29, 0.717) is 32.5 Å². The second-order valence-corrected chi connectivity index (χ2v) is 5.89. The maximum absolute atomic E-state index is 5.80. The number of nitrogens with one attached hydrogen (secondary N) is 1. The molecular formula is C16H24BrNO3. The van der Waals surface area contributed by atoms with E-state index < -0.39 is 0 Å². The summed E-state index contributed by atoms with van der Waals surface area (Å²) < 4.78 is 17.7. The summed E-state index contributed by atoms with van der Waals surface area (Å²) >= 11 is 3.59. The molecule has 4 nitrogen and oxygen atoms in total. The van der Waals surface area contributed by atoms with E-state index in [1.165, 1.54) is 18.4 Å². The van der Waals surface area contributed by atoms with Crippen molar-refractivity contribution in [2.24, 2.45) is 0 Å². The Morgan fingerprint density at radius 2 is 1.95 bits per heavy atom. The topological polar surface area (TPSA) is 39.7 Å². The number of hydrogen-bond donors (Lipinski definition) is 1. The fourth-order valence-electron chi connectivity index (χ4n) is 2.02. The lowest BCUT2D eigenvalue weighted by molar-refractivity contribution is 0.108. The van der Waals surface area contributed by atoms with Gasteiger partial charge in [0.15, 0.2) is 11.5 Å². The normalized spacial score (nSPS) is 14.2. The maximum Gasteiger partial charge on any atom is 0.175 e. The van der Waals surface area contributed by atoms with Crippen LogP contribution in [-0.2, 0) is 11.3 Å². The lowest BCUT2D eigenvalue weighted by Crippen LogP contribution is -2.15. The van der Waals surface area contributed by atoms with Gasteiger partial charge in [-0.2, -0.15) is 0 Å². The summed E-state index contributed by atoms with van der Waals surface area (Å²) in [4.78, 5) is 0. The summed E-state index contributed by atoms with van der Waals surface area (Å²) in [6.07, 6.45) is 2.58. The number of ether oxygens (including phenoxy) is 3. The second kappa shape index (κ2) is 8.61. The Kier molecular flexibility index (Phi) is 6.80. The first kappa shape index (κ1) is 16.6. The third-order valence-corrected chi connectivity index (χ3v) is 3.81. The largest absolute Gasteiger partial charge is 0.490 e. The third-order valence-electron chi connectivity index (χ3n) is 3.22. The van der Waals surface area contributed by atoms with Crippen LogP contribution in [0.4, 0.5) is 0 Å². The predicted molar refractivity (Wildman–Crippen MR) is 87.2 cm³/mol. The monoisotopic (exact) mass is 357 g/mol. The van der Waals surface area contributed by atoms with Crippen molar-refractivity contribution in [2.75, 3.05) is 26.4 Å². The van der Waals surface area contributed by atoms with Crippen LogP contribution in [0.3, 0.4) is 0 Å². The summed E-state index contributed by atoms with van der Waals surface area (Å²) in [6.45, 7) is 7.24. The van der Waals surface area contributed by atoms with Crippen LogP contribution in [0.15, 0.2) is 16.6 Å². The van der Waals surface area contributed by atoms with Crippen molar-refractivity contribution in [3.05, 3.63) is 22.2 Å². The number of halogens is 1. The predicted octanol–water partition coefficient (Wildman–Crippen LogP) is 3.52. The van der Waals surface area contributed by atoms with Crippen molar-refractivity contribution in [3.8, 4) is 11.5 Å². The molecule has 118 valence electrons. The highest BCUT2D eigenvalue weighted by molar-refractivity contribution is 9.10. The Morgan fingerprint density at radius 3 is 2.62 bits per heavy atom. The van der Waals surface area contributed by atoms with Gasteiger partial charge in [-0.05, 0) is 60.3 Å². The minimum Gasteiger partial charge on any atom is -0.490 e. The molecule has 1 aromatic rings. The zero-order chi connectivity index (χ0) is 15.1. The lowest BCUT2D eigenvalue weighted by atomic mass is 10.2. The van der Waals surface area contributed by atoms with Crippen molar-refractivity contribution in [1.82, 2.24) is 5.32 Å². The van der Waals surface area contributed by atoms with E-state index >= 15 is 0 Å². The van der Waals surface area contributed by atoms with Gasteiger partial charge in [0, 0.05) is 19.2 Å². The average Bonchev–Trinajstić information content (AvgIpc) is 3.28. The van der Waals surface area contributed by atoms with E-state index in [-0.39, 0.29) is 0 Å². The van der Waals surface area contributed by atoms with Gasteiger partial charge in [-0.1, -0.05) is 0 Å². The van der Waals surface area contributed by atoms with Crippen molar-refractivity contribution < 1.29 is 14.2 Å². The van der Waals surface area contributed by atoms with Crippen molar-refractivity contribution >= 4 is 15.9 Å². The van der Waals surface area contributed by atoms with Gasteiger partial charge >= 0.3 is 0 Å². The Hall–Kier alpha value is -0.780. The van der Waals surface area contributed by atoms with E-state index in [1.54, 1.807) is 0 Å². The smallest absolute Gasteiger partial charge is 0.175 e. The Balaban J connectivity index is 2.02. The molecule has 0 amide bonds. The molecule has 0 aromatic heterocycles. The minimum atomic E-state index is 0.520. The van der Waals surface area contributed by atoms with Gasteiger partial charge < -0.3 is 19.5 Å². The number of benzene rings is 1. The van der Waals surface area contributed by atoms with E-state index in [4.69, 9.17) is 14.2 Å². The van der Waals surface area contributed by atoms with Gasteiger partial charge in [0.05, 0.1) is 17.7 Å². The van der Waals surface area contributed by atoms with Crippen LogP contribution in [-0.4, -0.2) is 32.5 Å². The molecule has 1 N–H and O–H groups in total. The molecule has 0 heterocycles. The van der Waals surface area contributed by atoms with Crippen molar-refractivity contribution in [3.63, 3.8) is 0 Å².